The van der Waals surface area contributed by atoms with Crippen molar-refractivity contribution in [3.63, 3.8) is 0 Å². The summed E-state index contributed by atoms with van der Waals surface area (Å²) < 4.78 is 2.80. The van der Waals surface area contributed by atoms with E-state index in [0.717, 1.165) is 6.42 Å². The first-order chi connectivity index (χ1) is 33.4. The fourth-order valence-corrected chi connectivity index (χ4v) is 14.7. The molecule has 4 aliphatic rings. The van der Waals surface area contributed by atoms with Crippen LogP contribution in [0.25, 0.3) is 21.2 Å². The van der Waals surface area contributed by atoms with E-state index in [9.17, 15) is 0 Å². The number of anilines is 6. The van der Waals surface area contributed by atoms with E-state index in [4.69, 9.17) is 0 Å². The molecule has 3 heterocycles. The van der Waals surface area contributed by atoms with Crippen LogP contribution >= 0.6 is 11.3 Å². The standard InChI is InChI=1S/C68H81BN2S/c1-40-34-53-57-54(35-40)71(58-41(2)36-45(64(9,10)11)39-47(58)42-20-26-49-51(37-42)67(16,17)31-30-65(49,12)13)60-52(28-27-50-56(60)68(18,19)33-32-66(50,14)15)69(57)61-59(48-38-44(63(6,7)8)23-29-55(48)72-61)70(53)46-24-21-43(22-25-46)62(3,4)5/h20-29,34-39H,30-33H2,1-19H3. The van der Waals surface area contributed by atoms with Crippen molar-refractivity contribution < 1.29 is 0 Å². The SMILES string of the molecule is Cc1cc2c3c(c1)N(c1ccc(C(C)(C)C)cc1)c1c(sc4ccc(C(C)(C)C)cc14)B3c1ccc3c(c1N2c1c(C)cc(C(C)(C)C)cc1-c1ccc2c(c1)C(C)(C)CCC2(C)C)C(C)(C)CCC3(C)C. The van der Waals surface area contributed by atoms with Gasteiger partial charge in [0.2, 0.25) is 0 Å². The molecule has 6 aromatic carbocycles. The fraction of sp³-hybridized carbons (Fsp3) is 0.441. The third-order valence-corrected chi connectivity index (χ3v) is 19.4. The Hall–Kier alpha value is -5.06. The van der Waals surface area contributed by atoms with Gasteiger partial charge >= 0.3 is 0 Å². The van der Waals surface area contributed by atoms with Crippen molar-refractivity contribution in [1.29, 1.82) is 0 Å². The van der Waals surface area contributed by atoms with Crippen molar-refractivity contribution in [2.24, 2.45) is 0 Å². The van der Waals surface area contributed by atoms with E-state index in [1.165, 1.54) is 140 Å². The summed E-state index contributed by atoms with van der Waals surface area (Å²) >= 11 is 2.03. The number of benzene rings is 6. The molecule has 2 aliphatic carbocycles. The summed E-state index contributed by atoms with van der Waals surface area (Å²) in [6, 6.07) is 39.9. The Morgan fingerprint density at radius 3 is 1.67 bits per heavy atom. The molecular formula is C68H81BN2S. The number of thiophene rings is 1. The Kier molecular flexibility index (Phi) is 10.7. The van der Waals surface area contributed by atoms with Crippen molar-refractivity contribution in [1.82, 2.24) is 0 Å². The van der Waals surface area contributed by atoms with Crippen molar-refractivity contribution >= 4 is 78.0 Å². The highest BCUT2D eigenvalue weighted by atomic mass is 32.1. The van der Waals surface area contributed by atoms with Crippen molar-refractivity contribution in [2.75, 3.05) is 9.80 Å². The fourth-order valence-electron chi connectivity index (χ4n) is 13.4. The number of fused-ring (bicyclic) bond motifs is 9. The number of hydrogen-bond donors (Lipinski definition) is 0. The van der Waals surface area contributed by atoms with Gasteiger partial charge in [0.25, 0.3) is 6.71 Å². The first-order valence-electron chi connectivity index (χ1n) is 27.3. The average Bonchev–Trinajstić information content (AvgIpc) is 3.66. The van der Waals surface area contributed by atoms with Crippen LogP contribution in [0.15, 0.2) is 97.1 Å². The summed E-state index contributed by atoms with van der Waals surface area (Å²) in [6.45, 7) is 46.0. The zero-order chi connectivity index (χ0) is 51.8. The predicted octanol–water partition coefficient (Wildman–Crippen LogP) is 17.9. The minimum absolute atomic E-state index is 0.00995. The van der Waals surface area contributed by atoms with Crippen molar-refractivity contribution in [3.8, 4) is 11.1 Å². The van der Waals surface area contributed by atoms with Gasteiger partial charge in [0, 0.05) is 43.2 Å². The summed E-state index contributed by atoms with van der Waals surface area (Å²) in [5.74, 6) is 0. The molecule has 0 bridgehead atoms. The molecule has 72 heavy (non-hydrogen) atoms. The molecular weight excluding hydrogens is 888 g/mol. The van der Waals surface area contributed by atoms with Crippen LogP contribution in [0.2, 0.25) is 0 Å². The minimum atomic E-state index is -0.0560. The highest BCUT2D eigenvalue weighted by Crippen LogP contribution is 2.57. The van der Waals surface area contributed by atoms with Gasteiger partial charge in [-0.15, -0.1) is 11.3 Å². The number of nitrogens with zero attached hydrogens (tertiary/aromatic N) is 2. The lowest BCUT2D eigenvalue weighted by atomic mass is 9.35. The van der Waals surface area contributed by atoms with Crippen LogP contribution in [-0.2, 0) is 37.9 Å². The average molecular weight is 969 g/mol. The summed E-state index contributed by atoms with van der Waals surface area (Å²) in [4.78, 5) is 5.51. The lowest BCUT2D eigenvalue weighted by Crippen LogP contribution is -2.61. The maximum Gasteiger partial charge on any atom is 0.264 e. The second-order valence-corrected chi connectivity index (χ2v) is 29.6. The Labute approximate surface area is 438 Å². The second-order valence-electron chi connectivity index (χ2n) is 28.6. The predicted molar refractivity (Wildman–Crippen MR) is 317 cm³/mol. The van der Waals surface area contributed by atoms with E-state index >= 15 is 0 Å². The molecule has 0 spiro atoms. The molecule has 0 N–H and O–H groups in total. The van der Waals surface area contributed by atoms with E-state index in [-0.39, 0.29) is 44.6 Å². The Morgan fingerprint density at radius 1 is 0.486 bits per heavy atom. The summed E-state index contributed by atoms with van der Waals surface area (Å²) in [6.07, 6.45) is 4.69. The molecule has 11 rings (SSSR count). The van der Waals surface area contributed by atoms with Crippen LogP contribution in [-0.4, -0.2) is 6.71 Å². The van der Waals surface area contributed by atoms with Gasteiger partial charge in [0.1, 0.15) is 0 Å². The molecule has 0 amide bonds. The molecule has 0 radical (unpaired) electrons. The first-order valence-corrected chi connectivity index (χ1v) is 28.1. The van der Waals surface area contributed by atoms with E-state index in [2.05, 4.69) is 238 Å². The molecule has 0 fully saturated rings. The highest BCUT2D eigenvalue weighted by molar-refractivity contribution is 7.33. The van der Waals surface area contributed by atoms with Gasteiger partial charge in [0.15, 0.2) is 0 Å². The molecule has 4 heteroatoms. The van der Waals surface area contributed by atoms with Gasteiger partial charge in [-0.05, 0) is 186 Å². The van der Waals surface area contributed by atoms with E-state index < -0.39 is 0 Å². The molecule has 372 valence electrons. The summed E-state index contributed by atoms with van der Waals surface area (Å²) in [5, 5.41) is 1.36. The molecule has 0 atom stereocenters. The first kappa shape index (κ1) is 49.2. The second kappa shape index (κ2) is 15.7. The normalized spacial score (nSPS) is 18.3. The molecule has 2 nitrogen and oxygen atoms in total. The molecule has 2 aliphatic heterocycles. The monoisotopic (exact) mass is 969 g/mol. The van der Waals surface area contributed by atoms with E-state index in [0.29, 0.717) is 0 Å². The molecule has 0 unspecified atom stereocenters. The van der Waals surface area contributed by atoms with Crippen LogP contribution in [0.3, 0.4) is 0 Å². The quantitative estimate of drug-likeness (QED) is 0.163. The maximum absolute atomic E-state index is 2.84. The number of rotatable bonds is 3. The molecule has 7 aromatic rings. The van der Waals surface area contributed by atoms with Crippen LogP contribution in [0, 0.1) is 13.8 Å². The Bertz CT molecular complexity index is 3390. The van der Waals surface area contributed by atoms with Gasteiger partial charge in [0.05, 0.1) is 11.4 Å². The van der Waals surface area contributed by atoms with E-state index in [1.54, 1.807) is 0 Å². The van der Waals surface area contributed by atoms with Gasteiger partial charge in [-0.3, -0.25) is 0 Å². The third-order valence-electron chi connectivity index (χ3n) is 18.2. The number of hydrogen-bond acceptors (Lipinski definition) is 3. The Morgan fingerprint density at radius 2 is 1.04 bits per heavy atom. The van der Waals surface area contributed by atoms with Gasteiger partial charge in [-0.25, -0.2) is 0 Å². The smallest absolute Gasteiger partial charge is 0.264 e. The summed E-state index contributed by atoms with van der Waals surface area (Å²) in [7, 11) is 0. The molecule has 0 saturated carbocycles. The molecule has 0 saturated heterocycles. The highest BCUT2D eigenvalue weighted by Gasteiger charge is 2.50. The number of aryl methyl sites for hydroxylation is 2. The van der Waals surface area contributed by atoms with Gasteiger partial charge < -0.3 is 9.80 Å². The Balaban J connectivity index is 1.30. The summed E-state index contributed by atoms with van der Waals surface area (Å²) in [5.41, 5.74) is 26.3. The van der Waals surface area contributed by atoms with Crippen LogP contribution in [0.1, 0.15) is 193 Å². The maximum atomic E-state index is 2.84. The zero-order valence-electron chi connectivity index (χ0n) is 47.4. The van der Waals surface area contributed by atoms with Crippen LogP contribution < -0.4 is 25.5 Å². The van der Waals surface area contributed by atoms with Crippen molar-refractivity contribution in [2.45, 2.75) is 195 Å². The largest absolute Gasteiger partial charge is 0.310 e. The lowest BCUT2D eigenvalue weighted by molar-refractivity contribution is 0.332. The van der Waals surface area contributed by atoms with Gasteiger partial charge in [-0.2, -0.15) is 0 Å². The van der Waals surface area contributed by atoms with Crippen LogP contribution in [0.5, 0.6) is 0 Å². The van der Waals surface area contributed by atoms with Crippen molar-refractivity contribution in [3.05, 3.63) is 147 Å². The van der Waals surface area contributed by atoms with Crippen LogP contribution in [0.4, 0.5) is 34.1 Å². The van der Waals surface area contributed by atoms with E-state index in [1.807, 2.05) is 11.3 Å². The van der Waals surface area contributed by atoms with Gasteiger partial charge in [-0.1, -0.05) is 172 Å². The topological polar surface area (TPSA) is 6.48 Å². The molecule has 1 aromatic heterocycles. The zero-order valence-corrected chi connectivity index (χ0v) is 48.3. The lowest BCUT2D eigenvalue weighted by Gasteiger charge is -2.49. The minimum Gasteiger partial charge on any atom is -0.310 e. The third kappa shape index (κ3) is 7.52.